The van der Waals surface area contributed by atoms with Gasteiger partial charge in [0.2, 0.25) is 15.9 Å². The van der Waals surface area contributed by atoms with E-state index in [1.165, 1.54) is 4.31 Å². The SMILES string of the molecule is Cc1cc(NC(=O)CCN(c2cc(Cl)ccc2C)S(C)(=O)=O)no1. The fourth-order valence-corrected chi connectivity index (χ4v) is 3.29. The third kappa shape index (κ3) is 4.72. The van der Waals surface area contributed by atoms with Gasteiger partial charge in [0.15, 0.2) is 5.82 Å². The number of nitrogens with one attached hydrogen (secondary N) is 1. The minimum absolute atomic E-state index is 0.0112. The van der Waals surface area contributed by atoms with E-state index in [0.717, 1.165) is 11.8 Å². The summed E-state index contributed by atoms with van der Waals surface area (Å²) >= 11 is 5.96. The van der Waals surface area contributed by atoms with Crippen molar-refractivity contribution in [2.45, 2.75) is 20.3 Å². The van der Waals surface area contributed by atoms with Crippen molar-refractivity contribution < 1.29 is 17.7 Å². The van der Waals surface area contributed by atoms with Gasteiger partial charge in [-0.1, -0.05) is 22.8 Å². The molecule has 1 aromatic carbocycles. The highest BCUT2D eigenvalue weighted by Crippen LogP contribution is 2.26. The molecule has 1 amide bonds. The standard InChI is InChI=1S/C15H18ClN3O4S/c1-10-4-5-12(16)9-13(10)19(24(3,21)22)7-6-15(20)17-14-8-11(2)23-18-14/h4-5,8-9H,6-7H2,1-3H3,(H,17,18,20). The number of rotatable bonds is 6. The lowest BCUT2D eigenvalue weighted by Crippen LogP contribution is -2.33. The Morgan fingerprint density at radius 2 is 2.04 bits per heavy atom. The van der Waals surface area contributed by atoms with Crippen molar-refractivity contribution >= 4 is 39.0 Å². The van der Waals surface area contributed by atoms with E-state index in [1.54, 1.807) is 38.1 Å². The summed E-state index contributed by atoms with van der Waals surface area (Å²) in [5.41, 5.74) is 1.20. The Morgan fingerprint density at radius 3 is 2.62 bits per heavy atom. The second-order valence-electron chi connectivity index (χ2n) is 5.39. The molecule has 1 aromatic heterocycles. The summed E-state index contributed by atoms with van der Waals surface area (Å²) in [6, 6.07) is 6.55. The molecule has 9 heteroatoms. The molecule has 2 rings (SSSR count). The number of carbonyl (C=O) groups is 1. The molecule has 24 heavy (non-hydrogen) atoms. The number of aryl methyl sites for hydroxylation is 2. The van der Waals surface area contributed by atoms with Crippen molar-refractivity contribution in [2.24, 2.45) is 0 Å². The smallest absolute Gasteiger partial charge is 0.232 e. The van der Waals surface area contributed by atoms with Crippen molar-refractivity contribution in [1.82, 2.24) is 5.16 Å². The number of amides is 1. The second-order valence-corrected chi connectivity index (χ2v) is 7.73. The van der Waals surface area contributed by atoms with Gasteiger partial charge in [0.1, 0.15) is 5.76 Å². The first-order valence-corrected chi connectivity index (χ1v) is 9.36. The first-order valence-electron chi connectivity index (χ1n) is 7.14. The summed E-state index contributed by atoms with van der Waals surface area (Å²) in [5.74, 6) is 0.497. The van der Waals surface area contributed by atoms with Crippen LogP contribution in [0.3, 0.4) is 0 Å². The average Bonchev–Trinajstić information content (AvgIpc) is 2.86. The molecule has 1 heterocycles. The first-order chi connectivity index (χ1) is 11.2. The number of nitrogens with zero attached hydrogens (tertiary/aromatic N) is 2. The highest BCUT2D eigenvalue weighted by atomic mass is 35.5. The number of benzene rings is 1. The van der Waals surface area contributed by atoms with Crippen molar-refractivity contribution in [1.29, 1.82) is 0 Å². The van der Waals surface area contributed by atoms with E-state index in [0.29, 0.717) is 22.3 Å². The number of aromatic nitrogens is 1. The van der Waals surface area contributed by atoms with Crippen LogP contribution in [0.15, 0.2) is 28.8 Å². The lowest BCUT2D eigenvalue weighted by Gasteiger charge is -2.24. The Balaban J connectivity index is 2.13. The van der Waals surface area contributed by atoms with Crippen LogP contribution in [0.4, 0.5) is 11.5 Å². The van der Waals surface area contributed by atoms with Crippen LogP contribution in [0.1, 0.15) is 17.7 Å². The minimum atomic E-state index is -3.56. The van der Waals surface area contributed by atoms with E-state index in [1.807, 2.05) is 0 Å². The maximum absolute atomic E-state index is 12.1. The second kappa shape index (κ2) is 7.23. The zero-order chi connectivity index (χ0) is 17.9. The van der Waals surface area contributed by atoms with E-state index in [-0.39, 0.29) is 18.9 Å². The van der Waals surface area contributed by atoms with E-state index >= 15 is 0 Å². The molecule has 1 N–H and O–H groups in total. The van der Waals surface area contributed by atoms with Gasteiger partial charge in [-0.3, -0.25) is 9.10 Å². The molecule has 0 aliphatic rings. The largest absolute Gasteiger partial charge is 0.360 e. The van der Waals surface area contributed by atoms with Crippen LogP contribution in [0.5, 0.6) is 0 Å². The van der Waals surface area contributed by atoms with Crippen molar-refractivity contribution in [3.8, 4) is 0 Å². The Bertz CT molecular complexity index is 848. The fraction of sp³-hybridized carbons (Fsp3) is 0.333. The predicted octanol–water partition coefficient (Wildman–Crippen LogP) is 2.74. The molecule has 0 bridgehead atoms. The highest BCUT2D eigenvalue weighted by Gasteiger charge is 2.21. The number of carbonyl (C=O) groups excluding carboxylic acids is 1. The zero-order valence-corrected chi connectivity index (χ0v) is 15.1. The molecule has 7 nitrogen and oxygen atoms in total. The minimum Gasteiger partial charge on any atom is -0.360 e. The van der Waals surface area contributed by atoms with Crippen LogP contribution in [0.2, 0.25) is 5.02 Å². The van der Waals surface area contributed by atoms with E-state index < -0.39 is 10.0 Å². The Labute approximate surface area is 145 Å². The van der Waals surface area contributed by atoms with Crippen LogP contribution >= 0.6 is 11.6 Å². The third-order valence-electron chi connectivity index (χ3n) is 3.28. The Kier molecular flexibility index (Phi) is 5.51. The van der Waals surface area contributed by atoms with Crippen LogP contribution in [-0.2, 0) is 14.8 Å². The number of hydrogen-bond acceptors (Lipinski definition) is 5. The summed E-state index contributed by atoms with van der Waals surface area (Å²) in [5, 5.41) is 6.64. The zero-order valence-electron chi connectivity index (χ0n) is 13.5. The van der Waals surface area contributed by atoms with Crippen molar-refractivity contribution in [3.05, 3.63) is 40.6 Å². The predicted molar refractivity (Wildman–Crippen MR) is 92.9 cm³/mol. The maximum Gasteiger partial charge on any atom is 0.232 e. The summed E-state index contributed by atoms with van der Waals surface area (Å²) in [7, 11) is -3.56. The van der Waals surface area contributed by atoms with Crippen LogP contribution < -0.4 is 9.62 Å². The molecule has 0 aliphatic heterocycles. The molecule has 0 aliphatic carbocycles. The molecule has 0 saturated heterocycles. The van der Waals surface area contributed by atoms with Crippen molar-refractivity contribution in [2.75, 3.05) is 22.4 Å². The van der Waals surface area contributed by atoms with Crippen LogP contribution in [0.25, 0.3) is 0 Å². The quantitative estimate of drug-likeness (QED) is 0.842. The summed E-state index contributed by atoms with van der Waals surface area (Å²) < 4.78 is 30.2. The normalized spacial score (nSPS) is 11.3. The fourth-order valence-electron chi connectivity index (χ4n) is 2.15. The monoisotopic (exact) mass is 371 g/mol. The molecule has 0 spiro atoms. The lowest BCUT2D eigenvalue weighted by atomic mass is 10.2. The maximum atomic E-state index is 12.1. The van der Waals surface area contributed by atoms with Gasteiger partial charge in [0.25, 0.3) is 0 Å². The Hall–Kier alpha value is -2.06. The van der Waals surface area contributed by atoms with E-state index in [9.17, 15) is 13.2 Å². The topological polar surface area (TPSA) is 92.5 Å². The molecular formula is C15H18ClN3O4S. The molecule has 2 aromatic rings. The molecule has 0 unspecified atom stereocenters. The average molecular weight is 372 g/mol. The number of sulfonamides is 1. The molecule has 0 radical (unpaired) electrons. The molecule has 0 saturated carbocycles. The van der Waals surface area contributed by atoms with Gasteiger partial charge in [-0.15, -0.1) is 0 Å². The number of anilines is 2. The van der Waals surface area contributed by atoms with Crippen LogP contribution in [-0.4, -0.2) is 32.3 Å². The molecular weight excluding hydrogens is 354 g/mol. The molecule has 0 atom stereocenters. The summed E-state index contributed by atoms with van der Waals surface area (Å²) in [4.78, 5) is 12.0. The first kappa shape index (κ1) is 18.3. The Morgan fingerprint density at radius 1 is 1.33 bits per heavy atom. The molecule has 0 fully saturated rings. The van der Waals surface area contributed by atoms with Gasteiger partial charge in [0, 0.05) is 24.1 Å². The van der Waals surface area contributed by atoms with E-state index in [2.05, 4.69) is 10.5 Å². The third-order valence-corrected chi connectivity index (χ3v) is 4.69. The molecule has 130 valence electrons. The van der Waals surface area contributed by atoms with Gasteiger partial charge in [0.05, 0.1) is 11.9 Å². The van der Waals surface area contributed by atoms with Gasteiger partial charge >= 0.3 is 0 Å². The van der Waals surface area contributed by atoms with Gasteiger partial charge in [-0.05, 0) is 31.5 Å². The van der Waals surface area contributed by atoms with Gasteiger partial charge < -0.3 is 9.84 Å². The van der Waals surface area contributed by atoms with Gasteiger partial charge in [-0.25, -0.2) is 8.42 Å². The lowest BCUT2D eigenvalue weighted by molar-refractivity contribution is -0.116. The highest BCUT2D eigenvalue weighted by molar-refractivity contribution is 7.92. The number of halogens is 1. The summed E-state index contributed by atoms with van der Waals surface area (Å²) in [6.45, 7) is 3.47. The van der Waals surface area contributed by atoms with E-state index in [4.69, 9.17) is 16.1 Å². The van der Waals surface area contributed by atoms with Gasteiger partial charge in [-0.2, -0.15) is 0 Å². The summed E-state index contributed by atoms with van der Waals surface area (Å²) in [6.07, 6.45) is 1.05. The van der Waals surface area contributed by atoms with Crippen molar-refractivity contribution in [3.63, 3.8) is 0 Å². The number of hydrogen-bond donors (Lipinski definition) is 1. The van der Waals surface area contributed by atoms with Crippen LogP contribution in [0, 0.1) is 13.8 Å².